The first-order valence-corrected chi connectivity index (χ1v) is 7.17. The van der Waals surface area contributed by atoms with Gasteiger partial charge in [-0.3, -0.25) is 4.79 Å². The van der Waals surface area contributed by atoms with Crippen LogP contribution in [0.2, 0.25) is 0 Å². The summed E-state index contributed by atoms with van der Waals surface area (Å²) in [6.07, 6.45) is 1.57. The van der Waals surface area contributed by atoms with Gasteiger partial charge in [-0.05, 0) is 53.5 Å². The molecule has 0 atom stereocenters. The number of halogens is 1. The number of amides is 1. The first-order valence-electron chi connectivity index (χ1n) is 6.38. The highest BCUT2D eigenvalue weighted by atomic mass is 79.9. The van der Waals surface area contributed by atoms with Gasteiger partial charge in [-0.2, -0.15) is 0 Å². The van der Waals surface area contributed by atoms with Gasteiger partial charge in [0.05, 0.1) is 11.3 Å². The lowest BCUT2D eigenvalue weighted by molar-refractivity contribution is 0.102. The van der Waals surface area contributed by atoms with E-state index in [4.69, 9.17) is 0 Å². The average molecular weight is 334 g/mol. The Morgan fingerprint density at radius 3 is 2.75 bits per heavy atom. The number of pyridine rings is 1. The number of rotatable bonds is 4. The number of carbonyl (C=O) groups is 1. The molecular weight excluding hydrogens is 318 g/mol. The van der Waals surface area contributed by atoms with Gasteiger partial charge in [-0.25, -0.2) is 4.98 Å². The van der Waals surface area contributed by atoms with Crippen LogP contribution in [-0.2, 0) is 0 Å². The first kappa shape index (κ1) is 14.5. The Labute approximate surface area is 126 Å². The number of aromatic nitrogens is 1. The van der Waals surface area contributed by atoms with Gasteiger partial charge >= 0.3 is 0 Å². The third kappa shape index (κ3) is 3.36. The predicted octanol–water partition coefficient (Wildman–Crippen LogP) is 3.84. The van der Waals surface area contributed by atoms with Crippen molar-refractivity contribution in [3.63, 3.8) is 0 Å². The van der Waals surface area contributed by atoms with E-state index in [0.29, 0.717) is 5.56 Å². The highest BCUT2D eigenvalue weighted by Crippen LogP contribution is 2.26. The molecule has 0 spiro atoms. The summed E-state index contributed by atoms with van der Waals surface area (Å²) in [4.78, 5) is 16.3. The Morgan fingerprint density at radius 1 is 1.30 bits per heavy atom. The monoisotopic (exact) mass is 333 g/mol. The fourth-order valence-electron chi connectivity index (χ4n) is 1.75. The second-order valence-corrected chi connectivity index (χ2v) is 5.15. The van der Waals surface area contributed by atoms with Gasteiger partial charge in [-0.1, -0.05) is 12.1 Å². The number of carbonyl (C=O) groups excluding carboxylic acids is 1. The minimum atomic E-state index is -0.174. The van der Waals surface area contributed by atoms with Gasteiger partial charge in [0.25, 0.3) is 5.91 Å². The summed E-state index contributed by atoms with van der Waals surface area (Å²) in [5.74, 6) is 0.590. The van der Waals surface area contributed by atoms with E-state index in [1.54, 1.807) is 18.3 Å². The first-order chi connectivity index (χ1) is 9.61. The number of hydrogen-bond donors (Lipinski definition) is 2. The smallest absolute Gasteiger partial charge is 0.257 e. The predicted molar refractivity (Wildman–Crippen MR) is 85.2 cm³/mol. The van der Waals surface area contributed by atoms with Crippen molar-refractivity contribution in [2.24, 2.45) is 0 Å². The van der Waals surface area contributed by atoms with Crippen LogP contribution in [0.3, 0.4) is 0 Å². The van der Waals surface area contributed by atoms with Crippen molar-refractivity contribution in [1.82, 2.24) is 4.98 Å². The van der Waals surface area contributed by atoms with E-state index >= 15 is 0 Å². The Balaban J connectivity index is 2.13. The summed E-state index contributed by atoms with van der Waals surface area (Å²) in [5.41, 5.74) is 2.36. The lowest BCUT2D eigenvalue weighted by atomic mass is 10.2. The van der Waals surface area contributed by atoms with Crippen LogP contribution in [0, 0.1) is 6.92 Å². The van der Waals surface area contributed by atoms with E-state index in [2.05, 4.69) is 31.5 Å². The molecule has 104 valence electrons. The van der Waals surface area contributed by atoms with E-state index in [1.165, 1.54) is 0 Å². The summed E-state index contributed by atoms with van der Waals surface area (Å²) in [5, 5.41) is 5.96. The Hall–Kier alpha value is -1.88. The molecule has 0 bridgehead atoms. The van der Waals surface area contributed by atoms with E-state index in [1.807, 2.05) is 32.0 Å². The second-order valence-electron chi connectivity index (χ2n) is 4.35. The van der Waals surface area contributed by atoms with Crippen LogP contribution in [0.25, 0.3) is 0 Å². The summed E-state index contributed by atoms with van der Waals surface area (Å²) in [6, 6.07) is 9.29. The third-order valence-electron chi connectivity index (χ3n) is 2.82. The SMILES string of the molecule is CCNc1ccc(C(=O)Nc2cccc(C)c2Br)cn1. The van der Waals surface area contributed by atoms with E-state index in [0.717, 1.165) is 28.1 Å². The summed E-state index contributed by atoms with van der Waals surface area (Å²) in [6.45, 7) is 4.78. The minimum Gasteiger partial charge on any atom is -0.370 e. The molecule has 0 aliphatic rings. The largest absolute Gasteiger partial charge is 0.370 e. The highest BCUT2D eigenvalue weighted by molar-refractivity contribution is 9.10. The van der Waals surface area contributed by atoms with E-state index in [9.17, 15) is 4.79 Å². The number of anilines is 2. The Morgan fingerprint density at radius 2 is 2.10 bits per heavy atom. The van der Waals surface area contributed by atoms with Crippen molar-refractivity contribution in [2.75, 3.05) is 17.2 Å². The molecule has 0 unspecified atom stereocenters. The molecule has 1 aromatic heterocycles. The van der Waals surface area contributed by atoms with Gasteiger partial charge in [0.1, 0.15) is 5.82 Å². The number of hydrogen-bond acceptors (Lipinski definition) is 3. The highest BCUT2D eigenvalue weighted by Gasteiger charge is 2.09. The summed E-state index contributed by atoms with van der Waals surface area (Å²) in [7, 11) is 0. The molecule has 2 aromatic rings. The van der Waals surface area contributed by atoms with Gasteiger partial charge in [0, 0.05) is 17.2 Å². The molecule has 0 aliphatic carbocycles. The molecule has 1 heterocycles. The Bertz CT molecular complexity index is 611. The van der Waals surface area contributed by atoms with Crippen molar-refractivity contribution in [2.45, 2.75) is 13.8 Å². The summed E-state index contributed by atoms with van der Waals surface area (Å²) >= 11 is 3.47. The van der Waals surface area contributed by atoms with E-state index < -0.39 is 0 Å². The minimum absolute atomic E-state index is 0.174. The normalized spacial score (nSPS) is 10.2. The van der Waals surface area contributed by atoms with Gasteiger partial charge in [-0.15, -0.1) is 0 Å². The molecule has 20 heavy (non-hydrogen) atoms. The molecule has 1 aromatic carbocycles. The van der Waals surface area contributed by atoms with Crippen LogP contribution >= 0.6 is 15.9 Å². The molecule has 1 amide bonds. The topological polar surface area (TPSA) is 54.0 Å². The molecule has 0 radical (unpaired) electrons. The lowest BCUT2D eigenvalue weighted by Gasteiger charge is -2.09. The van der Waals surface area contributed by atoms with Crippen molar-refractivity contribution in [3.8, 4) is 0 Å². The zero-order chi connectivity index (χ0) is 14.5. The van der Waals surface area contributed by atoms with Crippen LogP contribution in [-0.4, -0.2) is 17.4 Å². The van der Waals surface area contributed by atoms with Crippen LogP contribution in [0.5, 0.6) is 0 Å². The quantitative estimate of drug-likeness (QED) is 0.893. The van der Waals surface area contributed by atoms with Crippen LogP contribution in [0.4, 0.5) is 11.5 Å². The standard InChI is InChI=1S/C15H16BrN3O/c1-3-17-13-8-7-11(9-18-13)15(20)19-12-6-4-5-10(2)14(12)16/h4-9H,3H2,1-2H3,(H,17,18)(H,19,20). The number of benzene rings is 1. The van der Waals surface area contributed by atoms with Crippen molar-refractivity contribution < 1.29 is 4.79 Å². The molecule has 5 heteroatoms. The van der Waals surface area contributed by atoms with Crippen molar-refractivity contribution in [3.05, 3.63) is 52.1 Å². The van der Waals surface area contributed by atoms with E-state index in [-0.39, 0.29) is 5.91 Å². The van der Waals surface area contributed by atoms with Gasteiger partial charge in [0.2, 0.25) is 0 Å². The third-order valence-corrected chi connectivity index (χ3v) is 3.88. The maximum Gasteiger partial charge on any atom is 0.257 e. The van der Waals surface area contributed by atoms with Crippen LogP contribution < -0.4 is 10.6 Å². The van der Waals surface area contributed by atoms with Crippen molar-refractivity contribution in [1.29, 1.82) is 0 Å². The molecule has 0 aliphatic heterocycles. The number of nitrogens with zero attached hydrogens (tertiary/aromatic N) is 1. The van der Waals surface area contributed by atoms with Gasteiger partial charge in [0.15, 0.2) is 0 Å². The maximum absolute atomic E-state index is 12.2. The zero-order valence-electron chi connectivity index (χ0n) is 11.4. The van der Waals surface area contributed by atoms with Gasteiger partial charge < -0.3 is 10.6 Å². The molecule has 0 fully saturated rings. The molecule has 0 saturated carbocycles. The average Bonchev–Trinajstić information content (AvgIpc) is 2.45. The molecular formula is C15H16BrN3O. The lowest BCUT2D eigenvalue weighted by Crippen LogP contribution is -2.13. The molecule has 2 N–H and O–H groups in total. The zero-order valence-corrected chi connectivity index (χ0v) is 13.0. The number of nitrogens with one attached hydrogen (secondary N) is 2. The fourth-order valence-corrected chi connectivity index (χ4v) is 2.12. The van der Waals surface area contributed by atoms with Crippen LogP contribution in [0.15, 0.2) is 41.0 Å². The van der Waals surface area contributed by atoms with Crippen molar-refractivity contribution >= 4 is 33.3 Å². The molecule has 4 nitrogen and oxygen atoms in total. The molecule has 0 saturated heterocycles. The number of aryl methyl sites for hydroxylation is 1. The fraction of sp³-hybridized carbons (Fsp3) is 0.200. The maximum atomic E-state index is 12.2. The Kier molecular flexibility index (Phi) is 4.74. The summed E-state index contributed by atoms with van der Waals surface area (Å²) < 4.78 is 0.894. The second kappa shape index (κ2) is 6.52. The molecule has 2 rings (SSSR count). The van der Waals surface area contributed by atoms with Crippen LogP contribution in [0.1, 0.15) is 22.8 Å².